The van der Waals surface area contributed by atoms with Crippen LogP contribution >= 0.6 is 0 Å². The van der Waals surface area contributed by atoms with Crippen molar-refractivity contribution in [3.63, 3.8) is 0 Å². The summed E-state index contributed by atoms with van der Waals surface area (Å²) >= 11 is 0. The standard InChI is InChI=1S/C19H15NO2/c1-14-18(15-8-4-2-5-9-15)12-17(20(21)22)13-19(14)16-10-6-3-7-11-16/h2-13H,1H3. The highest BCUT2D eigenvalue weighted by Gasteiger charge is 2.16. The third kappa shape index (κ3) is 2.61. The van der Waals surface area contributed by atoms with Crippen molar-refractivity contribution in [2.45, 2.75) is 6.92 Å². The lowest BCUT2D eigenvalue weighted by Crippen LogP contribution is -1.94. The fourth-order valence-corrected chi connectivity index (χ4v) is 2.64. The van der Waals surface area contributed by atoms with Crippen molar-refractivity contribution in [2.75, 3.05) is 0 Å². The maximum atomic E-state index is 11.3. The lowest BCUT2D eigenvalue weighted by molar-refractivity contribution is -0.384. The van der Waals surface area contributed by atoms with E-state index in [0.717, 1.165) is 27.8 Å². The molecular formula is C19H15NO2. The second-order valence-electron chi connectivity index (χ2n) is 5.16. The zero-order valence-electron chi connectivity index (χ0n) is 12.2. The summed E-state index contributed by atoms with van der Waals surface area (Å²) in [7, 11) is 0. The summed E-state index contributed by atoms with van der Waals surface area (Å²) in [6.07, 6.45) is 0. The molecule has 0 unspecified atom stereocenters. The molecular weight excluding hydrogens is 274 g/mol. The predicted octanol–water partition coefficient (Wildman–Crippen LogP) is 5.24. The molecule has 3 aromatic carbocycles. The van der Waals surface area contributed by atoms with Crippen LogP contribution in [0.2, 0.25) is 0 Å². The Bertz CT molecular complexity index is 751. The molecule has 22 heavy (non-hydrogen) atoms. The molecule has 3 heteroatoms. The van der Waals surface area contributed by atoms with Gasteiger partial charge in [-0.15, -0.1) is 0 Å². The highest BCUT2D eigenvalue weighted by molar-refractivity contribution is 5.81. The summed E-state index contributed by atoms with van der Waals surface area (Å²) in [6, 6.07) is 22.8. The average molecular weight is 289 g/mol. The van der Waals surface area contributed by atoms with Crippen LogP contribution < -0.4 is 0 Å². The molecule has 0 aliphatic carbocycles. The monoisotopic (exact) mass is 289 g/mol. The lowest BCUT2D eigenvalue weighted by atomic mass is 9.92. The first-order valence-corrected chi connectivity index (χ1v) is 7.06. The number of rotatable bonds is 3. The summed E-state index contributed by atoms with van der Waals surface area (Å²) in [5.41, 5.74) is 4.93. The van der Waals surface area contributed by atoms with Gasteiger partial charge in [-0.3, -0.25) is 10.1 Å². The van der Waals surface area contributed by atoms with Crippen LogP contribution in [0.1, 0.15) is 5.56 Å². The molecule has 3 rings (SSSR count). The molecule has 0 spiro atoms. The molecule has 0 saturated carbocycles. The van der Waals surface area contributed by atoms with Crippen molar-refractivity contribution in [3.8, 4) is 22.3 Å². The Morgan fingerprint density at radius 2 is 1.18 bits per heavy atom. The predicted molar refractivity (Wildman–Crippen MR) is 88.7 cm³/mol. The van der Waals surface area contributed by atoms with E-state index < -0.39 is 0 Å². The lowest BCUT2D eigenvalue weighted by Gasteiger charge is -2.12. The Labute approximate surface area is 129 Å². The van der Waals surface area contributed by atoms with Gasteiger partial charge in [0.2, 0.25) is 0 Å². The van der Waals surface area contributed by atoms with E-state index in [1.54, 1.807) is 12.1 Å². The first-order chi connectivity index (χ1) is 10.7. The molecule has 0 heterocycles. The third-order valence-corrected chi connectivity index (χ3v) is 3.77. The van der Waals surface area contributed by atoms with Crippen LogP contribution in [0.25, 0.3) is 22.3 Å². The molecule has 3 nitrogen and oxygen atoms in total. The second-order valence-corrected chi connectivity index (χ2v) is 5.16. The molecule has 3 aromatic rings. The van der Waals surface area contributed by atoms with Gasteiger partial charge in [-0.05, 0) is 34.7 Å². The van der Waals surface area contributed by atoms with Gasteiger partial charge >= 0.3 is 0 Å². The largest absolute Gasteiger partial charge is 0.270 e. The Balaban J connectivity index is 2.27. The number of nitrogens with zero attached hydrogens (tertiary/aromatic N) is 1. The van der Waals surface area contributed by atoms with Gasteiger partial charge in [-0.2, -0.15) is 0 Å². The van der Waals surface area contributed by atoms with Gasteiger partial charge in [-0.1, -0.05) is 60.7 Å². The van der Waals surface area contributed by atoms with Gasteiger partial charge in [-0.25, -0.2) is 0 Å². The van der Waals surface area contributed by atoms with E-state index in [1.165, 1.54) is 0 Å². The minimum absolute atomic E-state index is 0.114. The Morgan fingerprint density at radius 1 is 0.773 bits per heavy atom. The molecule has 0 bridgehead atoms. The van der Waals surface area contributed by atoms with E-state index in [4.69, 9.17) is 0 Å². The zero-order valence-corrected chi connectivity index (χ0v) is 12.2. The molecule has 0 aromatic heterocycles. The van der Waals surface area contributed by atoms with Crippen molar-refractivity contribution in [1.29, 1.82) is 0 Å². The molecule has 0 amide bonds. The van der Waals surface area contributed by atoms with Gasteiger partial charge in [0.25, 0.3) is 5.69 Å². The van der Waals surface area contributed by atoms with E-state index in [9.17, 15) is 10.1 Å². The minimum atomic E-state index is -0.335. The second kappa shape index (κ2) is 5.82. The van der Waals surface area contributed by atoms with E-state index in [0.29, 0.717) is 0 Å². The minimum Gasteiger partial charge on any atom is -0.258 e. The van der Waals surface area contributed by atoms with Crippen LogP contribution in [0.4, 0.5) is 5.69 Å². The van der Waals surface area contributed by atoms with Crippen LogP contribution in [0.5, 0.6) is 0 Å². The smallest absolute Gasteiger partial charge is 0.258 e. The third-order valence-electron chi connectivity index (χ3n) is 3.77. The van der Waals surface area contributed by atoms with Crippen molar-refractivity contribution in [2.24, 2.45) is 0 Å². The van der Waals surface area contributed by atoms with Gasteiger partial charge in [0.15, 0.2) is 0 Å². The van der Waals surface area contributed by atoms with Crippen LogP contribution in [0.3, 0.4) is 0 Å². The first-order valence-electron chi connectivity index (χ1n) is 7.06. The van der Waals surface area contributed by atoms with Crippen LogP contribution in [0.15, 0.2) is 72.8 Å². The van der Waals surface area contributed by atoms with Crippen molar-refractivity contribution in [1.82, 2.24) is 0 Å². The van der Waals surface area contributed by atoms with Crippen LogP contribution in [-0.2, 0) is 0 Å². The maximum absolute atomic E-state index is 11.3. The molecule has 0 aliphatic rings. The topological polar surface area (TPSA) is 43.1 Å². The summed E-state index contributed by atoms with van der Waals surface area (Å²) in [4.78, 5) is 10.9. The van der Waals surface area contributed by atoms with Crippen LogP contribution in [0, 0.1) is 17.0 Å². The summed E-state index contributed by atoms with van der Waals surface area (Å²) in [6.45, 7) is 2.01. The van der Waals surface area contributed by atoms with Crippen molar-refractivity contribution in [3.05, 3.63) is 88.5 Å². The van der Waals surface area contributed by atoms with Gasteiger partial charge < -0.3 is 0 Å². The highest BCUT2D eigenvalue weighted by Crippen LogP contribution is 2.35. The number of hydrogen-bond acceptors (Lipinski definition) is 2. The Hall–Kier alpha value is -2.94. The normalized spacial score (nSPS) is 10.4. The number of benzene rings is 3. The molecule has 0 N–H and O–H groups in total. The first kappa shape index (κ1) is 14.0. The summed E-state index contributed by atoms with van der Waals surface area (Å²) in [5, 5.41) is 11.3. The van der Waals surface area contributed by atoms with Crippen molar-refractivity contribution < 1.29 is 4.92 Å². The SMILES string of the molecule is Cc1c(-c2ccccc2)cc([N+](=O)[O-])cc1-c1ccccc1. The summed E-state index contributed by atoms with van der Waals surface area (Å²) < 4.78 is 0. The zero-order chi connectivity index (χ0) is 15.5. The quantitative estimate of drug-likeness (QED) is 0.489. The van der Waals surface area contributed by atoms with Crippen LogP contribution in [-0.4, -0.2) is 4.92 Å². The molecule has 0 atom stereocenters. The maximum Gasteiger partial charge on any atom is 0.270 e. The number of hydrogen-bond donors (Lipinski definition) is 0. The summed E-state index contributed by atoms with van der Waals surface area (Å²) in [5.74, 6) is 0. The average Bonchev–Trinajstić information content (AvgIpc) is 2.56. The number of nitro groups is 1. The van der Waals surface area contributed by atoms with E-state index in [2.05, 4.69) is 0 Å². The Morgan fingerprint density at radius 3 is 1.55 bits per heavy atom. The fourth-order valence-electron chi connectivity index (χ4n) is 2.64. The van der Waals surface area contributed by atoms with Gasteiger partial charge in [0, 0.05) is 12.1 Å². The molecule has 108 valence electrons. The molecule has 0 radical (unpaired) electrons. The Kier molecular flexibility index (Phi) is 3.71. The fraction of sp³-hybridized carbons (Fsp3) is 0.0526. The van der Waals surface area contributed by atoms with Crippen molar-refractivity contribution >= 4 is 5.69 Å². The van der Waals surface area contributed by atoms with E-state index in [1.807, 2.05) is 67.6 Å². The molecule has 0 saturated heterocycles. The molecule has 0 aliphatic heterocycles. The van der Waals surface area contributed by atoms with Gasteiger partial charge in [0.05, 0.1) is 4.92 Å². The number of nitro benzene ring substituents is 1. The number of non-ortho nitro benzene ring substituents is 1. The molecule has 0 fully saturated rings. The van der Waals surface area contributed by atoms with E-state index >= 15 is 0 Å². The van der Waals surface area contributed by atoms with Gasteiger partial charge in [0.1, 0.15) is 0 Å². The van der Waals surface area contributed by atoms with E-state index in [-0.39, 0.29) is 10.6 Å². The highest BCUT2D eigenvalue weighted by atomic mass is 16.6.